The molecule has 0 atom stereocenters. The van der Waals surface area contributed by atoms with Crippen molar-refractivity contribution < 1.29 is 13.2 Å². The van der Waals surface area contributed by atoms with Crippen molar-refractivity contribution in [2.24, 2.45) is 7.05 Å². The van der Waals surface area contributed by atoms with Gasteiger partial charge in [0.1, 0.15) is 0 Å². The molecule has 2 heterocycles. The fourth-order valence-corrected chi connectivity index (χ4v) is 5.76. The number of hydrogen-bond donors (Lipinski definition) is 0. The van der Waals surface area contributed by atoms with Gasteiger partial charge in [-0.15, -0.1) is 0 Å². The standard InChI is InChI=1S/C21H28N4O3S/c1-23-16-19(15-22-23)21(26)24-11-13-25(14-12-24)29(27,28)20-9-7-18(8-10-20)17-5-3-2-4-6-17/h7-10,15-17H,2-6,11-14H2,1H3. The molecule has 4 rings (SSSR count). The van der Waals surface area contributed by atoms with E-state index in [1.807, 2.05) is 12.1 Å². The SMILES string of the molecule is Cn1cc(C(=O)N2CCN(S(=O)(=O)c3ccc(C4CCCCC4)cc3)CC2)cn1. The Morgan fingerprint density at radius 3 is 2.24 bits per heavy atom. The van der Waals surface area contributed by atoms with E-state index in [1.54, 1.807) is 41.2 Å². The molecule has 1 amide bonds. The molecule has 1 aromatic carbocycles. The number of piperazine rings is 1. The third-order valence-electron chi connectivity index (χ3n) is 6.07. The smallest absolute Gasteiger partial charge is 0.257 e. The fraction of sp³-hybridized carbons (Fsp3) is 0.524. The van der Waals surface area contributed by atoms with Crippen LogP contribution in [0.25, 0.3) is 0 Å². The maximum Gasteiger partial charge on any atom is 0.257 e. The third-order valence-corrected chi connectivity index (χ3v) is 7.98. The van der Waals surface area contributed by atoms with Gasteiger partial charge >= 0.3 is 0 Å². The number of nitrogens with zero attached hydrogens (tertiary/aromatic N) is 4. The first-order chi connectivity index (χ1) is 13.9. The molecule has 0 N–H and O–H groups in total. The summed E-state index contributed by atoms with van der Waals surface area (Å²) < 4.78 is 29.1. The van der Waals surface area contributed by atoms with Crippen molar-refractivity contribution in [1.29, 1.82) is 0 Å². The van der Waals surface area contributed by atoms with Gasteiger partial charge in [-0.3, -0.25) is 9.48 Å². The summed E-state index contributed by atoms with van der Waals surface area (Å²) in [5, 5.41) is 4.03. The lowest BCUT2D eigenvalue weighted by Gasteiger charge is -2.33. The van der Waals surface area contributed by atoms with Crippen LogP contribution in [0.3, 0.4) is 0 Å². The van der Waals surface area contributed by atoms with E-state index in [-0.39, 0.29) is 5.91 Å². The van der Waals surface area contributed by atoms with E-state index < -0.39 is 10.0 Å². The molecule has 1 saturated carbocycles. The zero-order valence-corrected chi connectivity index (χ0v) is 17.6. The number of carbonyl (C=O) groups is 1. The van der Waals surface area contributed by atoms with Crippen LogP contribution in [0.2, 0.25) is 0 Å². The maximum atomic E-state index is 13.0. The van der Waals surface area contributed by atoms with Crippen molar-refractivity contribution in [3.63, 3.8) is 0 Å². The number of hydrogen-bond acceptors (Lipinski definition) is 4. The predicted molar refractivity (Wildman–Crippen MR) is 110 cm³/mol. The second kappa shape index (κ2) is 8.28. The summed E-state index contributed by atoms with van der Waals surface area (Å²) in [5.74, 6) is 0.453. The highest BCUT2D eigenvalue weighted by Crippen LogP contribution is 2.33. The Hall–Kier alpha value is -2.19. The minimum atomic E-state index is -3.54. The maximum absolute atomic E-state index is 13.0. The van der Waals surface area contributed by atoms with E-state index in [9.17, 15) is 13.2 Å². The van der Waals surface area contributed by atoms with Crippen molar-refractivity contribution in [3.05, 3.63) is 47.8 Å². The monoisotopic (exact) mass is 416 g/mol. The summed E-state index contributed by atoms with van der Waals surface area (Å²) in [6, 6.07) is 7.44. The Morgan fingerprint density at radius 1 is 1.00 bits per heavy atom. The first-order valence-electron chi connectivity index (χ1n) is 10.3. The number of aromatic nitrogens is 2. The number of aryl methyl sites for hydroxylation is 1. The molecule has 2 fully saturated rings. The second-order valence-corrected chi connectivity index (χ2v) is 9.94. The number of sulfonamides is 1. The molecular weight excluding hydrogens is 388 g/mol. The number of rotatable bonds is 4. The number of carbonyl (C=O) groups excluding carboxylic acids is 1. The molecule has 156 valence electrons. The highest BCUT2D eigenvalue weighted by molar-refractivity contribution is 7.89. The molecule has 0 bridgehead atoms. The molecule has 2 aliphatic rings. The second-order valence-electron chi connectivity index (χ2n) is 8.00. The lowest BCUT2D eigenvalue weighted by atomic mass is 9.84. The molecule has 2 aromatic rings. The average Bonchev–Trinajstić information content (AvgIpc) is 3.20. The summed E-state index contributed by atoms with van der Waals surface area (Å²) >= 11 is 0. The van der Waals surface area contributed by atoms with Gasteiger partial charge < -0.3 is 4.90 Å². The first kappa shape index (κ1) is 20.1. The van der Waals surface area contributed by atoms with Crippen LogP contribution in [0, 0.1) is 0 Å². The van der Waals surface area contributed by atoms with Crippen LogP contribution in [-0.4, -0.2) is 59.5 Å². The molecule has 1 aliphatic carbocycles. The van der Waals surface area contributed by atoms with Gasteiger partial charge in [0.05, 0.1) is 16.7 Å². The van der Waals surface area contributed by atoms with Crippen LogP contribution < -0.4 is 0 Å². The van der Waals surface area contributed by atoms with Crippen LogP contribution in [0.15, 0.2) is 41.6 Å². The van der Waals surface area contributed by atoms with Gasteiger partial charge in [0.25, 0.3) is 5.91 Å². The van der Waals surface area contributed by atoms with E-state index in [0.717, 1.165) is 0 Å². The van der Waals surface area contributed by atoms with Crippen LogP contribution >= 0.6 is 0 Å². The summed E-state index contributed by atoms with van der Waals surface area (Å²) in [6.45, 7) is 1.37. The normalized spacial score (nSPS) is 19.4. The Bertz CT molecular complexity index is 954. The van der Waals surface area contributed by atoms with Crippen molar-refractivity contribution in [2.75, 3.05) is 26.2 Å². The van der Waals surface area contributed by atoms with Gasteiger partial charge in [0, 0.05) is 39.4 Å². The largest absolute Gasteiger partial charge is 0.336 e. The minimum absolute atomic E-state index is 0.105. The van der Waals surface area contributed by atoms with Crippen molar-refractivity contribution >= 4 is 15.9 Å². The van der Waals surface area contributed by atoms with Gasteiger partial charge in [-0.1, -0.05) is 31.4 Å². The van der Waals surface area contributed by atoms with Crippen LogP contribution in [0.4, 0.5) is 0 Å². The zero-order valence-electron chi connectivity index (χ0n) is 16.8. The summed E-state index contributed by atoms with van der Waals surface area (Å²) in [6.07, 6.45) is 9.43. The average molecular weight is 417 g/mol. The molecule has 1 aliphatic heterocycles. The Kier molecular flexibility index (Phi) is 5.74. The molecule has 8 heteroatoms. The summed E-state index contributed by atoms with van der Waals surface area (Å²) in [5.41, 5.74) is 1.78. The lowest BCUT2D eigenvalue weighted by molar-refractivity contribution is 0.0698. The van der Waals surface area contributed by atoms with E-state index >= 15 is 0 Å². The molecule has 0 unspecified atom stereocenters. The first-order valence-corrected chi connectivity index (χ1v) is 11.8. The van der Waals surface area contributed by atoms with Crippen LogP contribution in [0.5, 0.6) is 0 Å². The number of benzene rings is 1. The van der Waals surface area contributed by atoms with Crippen LogP contribution in [0.1, 0.15) is 53.9 Å². The third kappa shape index (κ3) is 4.23. The van der Waals surface area contributed by atoms with Gasteiger partial charge in [-0.05, 0) is 36.5 Å². The molecule has 7 nitrogen and oxygen atoms in total. The minimum Gasteiger partial charge on any atom is -0.336 e. The number of amides is 1. The molecule has 29 heavy (non-hydrogen) atoms. The molecule has 1 aromatic heterocycles. The molecular formula is C21H28N4O3S. The quantitative estimate of drug-likeness (QED) is 0.768. The van der Waals surface area contributed by atoms with Gasteiger partial charge in [-0.2, -0.15) is 9.40 Å². The van der Waals surface area contributed by atoms with Gasteiger partial charge in [0.15, 0.2) is 0 Å². The Labute approximate surface area is 172 Å². The lowest BCUT2D eigenvalue weighted by Crippen LogP contribution is -2.50. The van der Waals surface area contributed by atoms with Gasteiger partial charge in [0.2, 0.25) is 10.0 Å². The van der Waals surface area contributed by atoms with Crippen molar-refractivity contribution in [2.45, 2.75) is 42.9 Å². The molecule has 0 radical (unpaired) electrons. The molecule has 1 saturated heterocycles. The highest BCUT2D eigenvalue weighted by Gasteiger charge is 2.31. The van der Waals surface area contributed by atoms with Crippen molar-refractivity contribution in [3.8, 4) is 0 Å². The van der Waals surface area contributed by atoms with E-state index in [0.29, 0.717) is 42.6 Å². The van der Waals surface area contributed by atoms with Gasteiger partial charge in [-0.25, -0.2) is 8.42 Å². The Morgan fingerprint density at radius 2 is 1.66 bits per heavy atom. The van der Waals surface area contributed by atoms with E-state index in [2.05, 4.69) is 5.10 Å². The summed E-state index contributed by atoms with van der Waals surface area (Å²) in [7, 11) is -1.78. The highest BCUT2D eigenvalue weighted by atomic mass is 32.2. The topological polar surface area (TPSA) is 75.5 Å². The Balaban J connectivity index is 1.40. The summed E-state index contributed by atoms with van der Waals surface area (Å²) in [4.78, 5) is 14.6. The van der Waals surface area contributed by atoms with E-state index in [4.69, 9.17) is 0 Å². The predicted octanol–water partition coefficient (Wildman–Crippen LogP) is 2.61. The fourth-order valence-electron chi connectivity index (χ4n) is 4.34. The zero-order chi connectivity index (χ0) is 20.4. The van der Waals surface area contributed by atoms with Crippen LogP contribution in [-0.2, 0) is 17.1 Å². The van der Waals surface area contributed by atoms with Crippen molar-refractivity contribution in [1.82, 2.24) is 19.0 Å². The van der Waals surface area contributed by atoms with E-state index in [1.165, 1.54) is 42.0 Å². The molecule has 0 spiro atoms.